The van der Waals surface area contributed by atoms with Crippen LogP contribution in [-0.2, 0) is 9.53 Å². The molecule has 0 aromatic heterocycles. The van der Waals surface area contributed by atoms with Crippen LogP contribution >= 0.6 is 0 Å². The molecule has 0 saturated heterocycles. The van der Waals surface area contributed by atoms with E-state index in [1.54, 1.807) is 0 Å². The molecule has 0 spiro atoms. The Morgan fingerprint density at radius 3 is 1.24 bits per heavy atom. The third-order valence-corrected chi connectivity index (χ3v) is 3.95. The van der Waals surface area contributed by atoms with Crippen LogP contribution in [0.5, 0.6) is 0 Å². The van der Waals surface area contributed by atoms with Crippen LogP contribution in [0.25, 0.3) is 0 Å². The predicted molar refractivity (Wildman–Crippen MR) is 71.1 cm³/mol. The highest BCUT2D eigenvalue weighted by Crippen LogP contribution is 2.64. The number of hydrogen-bond donors (Lipinski definition) is 0. The normalized spacial score (nSPS) is 16.4. The van der Waals surface area contributed by atoms with Crippen molar-refractivity contribution in [1.29, 1.82) is 0 Å². The lowest BCUT2D eigenvalue weighted by Gasteiger charge is -2.43. The minimum Gasteiger partial charge on any atom is -0.453 e. The van der Waals surface area contributed by atoms with E-state index in [4.69, 9.17) is 0 Å². The highest BCUT2D eigenvalue weighted by atomic mass is 19.4. The number of carbonyl (C=O) groups excluding carboxylic acids is 1. The van der Waals surface area contributed by atoms with Gasteiger partial charge >= 0.3 is 53.6 Å². The zero-order valence-electron chi connectivity index (χ0n) is 15.3. The summed E-state index contributed by atoms with van der Waals surface area (Å²) in [4.78, 5) is 10.8. The lowest BCUT2D eigenvalue weighted by atomic mass is 9.87. The summed E-state index contributed by atoms with van der Waals surface area (Å²) in [6.07, 6.45) is -13.3. The predicted octanol–water partition coefficient (Wildman–Crippen LogP) is 6.50. The maximum Gasteiger partial charge on any atom is 0.460 e. The van der Waals surface area contributed by atoms with Crippen LogP contribution in [0.2, 0.25) is 0 Å². The summed E-state index contributed by atoms with van der Waals surface area (Å²) < 4.78 is 227. The van der Waals surface area contributed by atoms with Gasteiger partial charge < -0.3 is 4.74 Å². The van der Waals surface area contributed by atoms with Gasteiger partial charge in [-0.3, -0.25) is 0 Å². The molecule has 0 aliphatic heterocycles. The van der Waals surface area contributed by atoms with Gasteiger partial charge in [-0.05, 0) is 6.42 Å². The SMILES string of the molecule is C=CC(=O)OC(CC)C(F)(F)C(F)(F)C(F)(F)C(F)(F)C(F)(F)C(F)(F)C(F)(F)C(F)(F)F. The average molecular weight is 532 g/mol. The zero-order chi connectivity index (χ0) is 27.3. The summed E-state index contributed by atoms with van der Waals surface area (Å²) >= 11 is 0. The zero-order valence-corrected chi connectivity index (χ0v) is 15.3. The number of halogens is 17. The molecule has 2 nitrogen and oxygen atoms in total. The molecule has 0 N–H and O–H groups in total. The van der Waals surface area contributed by atoms with E-state index in [0.717, 1.165) is 0 Å². The molecule has 0 heterocycles. The van der Waals surface area contributed by atoms with Crippen molar-refractivity contribution >= 4 is 5.97 Å². The number of carbonyl (C=O) groups is 1. The number of hydrogen-bond acceptors (Lipinski definition) is 2. The minimum absolute atomic E-state index is 0.0441. The topological polar surface area (TPSA) is 26.3 Å². The Hall–Kier alpha value is -1.98. The van der Waals surface area contributed by atoms with E-state index in [-0.39, 0.29) is 6.08 Å². The Morgan fingerprint density at radius 1 is 0.667 bits per heavy atom. The van der Waals surface area contributed by atoms with Crippen LogP contribution in [-0.4, -0.2) is 59.7 Å². The van der Waals surface area contributed by atoms with Crippen LogP contribution in [0.15, 0.2) is 12.7 Å². The Labute approximate surface area is 171 Å². The van der Waals surface area contributed by atoms with E-state index in [1.165, 1.54) is 0 Å². The minimum atomic E-state index is -8.71. The van der Waals surface area contributed by atoms with Crippen molar-refractivity contribution in [2.45, 2.75) is 67.1 Å². The van der Waals surface area contributed by atoms with Crippen LogP contribution in [0.3, 0.4) is 0 Å². The van der Waals surface area contributed by atoms with Crippen molar-refractivity contribution in [2.75, 3.05) is 0 Å². The molecule has 0 bridgehead atoms. The fourth-order valence-electron chi connectivity index (χ4n) is 1.98. The van der Waals surface area contributed by atoms with Crippen molar-refractivity contribution < 1.29 is 84.2 Å². The lowest BCUT2D eigenvalue weighted by Crippen LogP contribution is -2.75. The largest absolute Gasteiger partial charge is 0.460 e. The Bertz CT molecular complexity index is 736. The van der Waals surface area contributed by atoms with E-state index in [0.29, 0.717) is 6.92 Å². The molecule has 0 aliphatic rings. The molecule has 0 aliphatic carbocycles. The maximum atomic E-state index is 13.9. The van der Waals surface area contributed by atoms with Gasteiger partial charge in [0.25, 0.3) is 0 Å². The average Bonchev–Trinajstić information content (AvgIpc) is 2.63. The van der Waals surface area contributed by atoms with Gasteiger partial charge in [0.1, 0.15) is 0 Å². The van der Waals surface area contributed by atoms with Crippen molar-refractivity contribution in [3.63, 3.8) is 0 Å². The first-order chi connectivity index (χ1) is 14.2. The quantitative estimate of drug-likeness (QED) is 0.183. The van der Waals surface area contributed by atoms with Gasteiger partial charge in [0, 0.05) is 6.08 Å². The van der Waals surface area contributed by atoms with Crippen LogP contribution in [0.4, 0.5) is 74.6 Å². The second-order valence-electron chi connectivity index (χ2n) is 6.10. The molecule has 0 radical (unpaired) electrons. The molecular formula is C14H9F17O2. The first-order valence-corrected chi connectivity index (χ1v) is 7.71. The molecule has 0 fully saturated rings. The van der Waals surface area contributed by atoms with Gasteiger partial charge in [0.05, 0.1) is 0 Å². The summed E-state index contributed by atoms with van der Waals surface area (Å²) in [5, 5.41) is 0. The molecule has 0 saturated carbocycles. The summed E-state index contributed by atoms with van der Waals surface area (Å²) in [6.45, 7) is 2.93. The van der Waals surface area contributed by atoms with E-state index in [1.807, 2.05) is 0 Å². The second kappa shape index (κ2) is 8.35. The molecule has 0 amide bonds. The monoisotopic (exact) mass is 532 g/mol. The van der Waals surface area contributed by atoms with Gasteiger partial charge in [-0.15, -0.1) is 0 Å². The van der Waals surface area contributed by atoms with Gasteiger partial charge in [0.2, 0.25) is 0 Å². The summed E-state index contributed by atoms with van der Waals surface area (Å²) in [6, 6.07) is 0. The fourth-order valence-corrected chi connectivity index (χ4v) is 1.98. The van der Waals surface area contributed by atoms with Crippen molar-refractivity contribution in [3.05, 3.63) is 12.7 Å². The van der Waals surface area contributed by atoms with Gasteiger partial charge in [0.15, 0.2) is 6.10 Å². The van der Waals surface area contributed by atoms with E-state index >= 15 is 0 Å². The Morgan fingerprint density at radius 2 is 0.970 bits per heavy atom. The highest BCUT2D eigenvalue weighted by molar-refractivity contribution is 5.81. The smallest absolute Gasteiger partial charge is 0.453 e. The molecule has 1 unspecified atom stereocenters. The van der Waals surface area contributed by atoms with Crippen molar-refractivity contribution in [3.8, 4) is 0 Å². The molecule has 33 heavy (non-hydrogen) atoms. The van der Waals surface area contributed by atoms with Crippen LogP contribution < -0.4 is 0 Å². The van der Waals surface area contributed by atoms with Gasteiger partial charge in [-0.1, -0.05) is 13.5 Å². The maximum absolute atomic E-state index is 13.9. The summed E-state index contributed by atoms with van der Waals surface area (Å²) in [7, 11) is 0. The van der Waals surface area contributed by atoms with Crippen LogP contribution in [0, 0.1) is 0 Å². The van der Waals surface area contributed by atoms with Gasteiger partial charge in [-0.2, -0.15) is 74.6 Å². The van der Waals surface area contributed by atoms with Crippen molar-refractivity contribution in [2.24, 2.45) is 0 Å². The third kappa shape index (κ3) is 4.19. The van der Waals surface area contributed by atoms with E-state index < -0.39 is 66.1 Å². The number of rotatable bonds is 10. The van der Waals surface area contributed by atoms with Crippen molar-refractivity contribution in [1.82, 2.24) is 0 Å². The number of alkyl halides is 17. The molecule has 0 aromatic rings. The molecule has 196 valence electrons. The summed E-state index contributed by atoms with van der Waals surface area (Å²) in [5.74, 6) is -59.4. The number of ether oxygens (including phenoxy) is 1. The van der Waals surface area contributed by atoms with E-state index in [2.05, 4.69) is 11.3 Å². The molecular weight excluding hydrogens is 523 g/mol. The molecule has 0 rings (SSSR count). The Balaban J connectivity index is 6.81. The molecule has 19 heteroatoms. The molecule has 0 aromatic carbocycles. The van der Waals surface area contributed by atoms with Gasteiger partial charge in [-0.25, -0.2) is 4.79 Å². The standard InChI is InChI=1S/C14H9F17O2/c1-3-5(33-6(32)4-2)7(15,16)8(17,18)9(19,20)10(21,22)11(23,24)12(25,26)13(27,28)14(29,30)31/h4-5H,2-3H2,1H3. The Kier molecular flexibility index (Phi) is 7.85. The second-order valence-corrected chi connectivity index (χ2v) is 6.10. The number of esters is 1. The fraction of sp³-hybridized carbons (Fsp3) is 0.786. The summed E-state index contributed by atoms with van der Waals surface area (Å²) in [5.41, 5.74) is 0. The van der Waals surface area contributed by atoms with E-state index in [9.17, 15) is 79.4 Å². The first kappa shape index (κ1) is 31.0. The van der Waals surface area contributed by atoms with Crippen LogP contribution in [0.1, 0.15) is 13.3 Å². The lowest BCUT2D eigenvalue weighted by molar-refractivity contribution is -0.464. The highest BCUT2D eigenvalue weighted by Gasteiger charge is 2.95. The molecule has 1 atom stereocenters. The third-order valence-electron chi connectivity index (χ3n) is 3.95. The first-order valence-electron chi connectivity index (χ1n) is 7.71.